The van der Waals surface area contributed by atoms with E-state index in [0.29, 0.717) is 0 Å². The van der Waals surface area contributed by atoms with Gasteiger partial charge in [0.25, 0.3) is 0 Å². The maximum absolute atomic E-state index is 4.82. The molecule has 0 atom stereocenters. The molecule has 0 aliphatic heterocycles. The molecule has 1 radical (unpaired) electrons. The van der Waals surface area contributed by atoms with Crippen molar-refractivity contribution in [1.29, 1.82) is 0 Å². The van der Waals surface area contributed by atoms with Gasteiger partial charge in [-0.1, -0.05) is 52.3 Å². The predicted octanol–water partition coefficient (Wildman–Crippen LogP) is 5.47. The fourth-order valence-corrected chi connectivity index (χ4v) is 2.97. The first-order valence-electron chi connectivity index (χ1n) is 6.89. The summed E-state index contributed by atoms with van der Waals surface area (Å²) in [6, 6.07) is 3.52. The quantitative estimate of drug-likeness (QED) is 0.452. The zero-order valence-electron chi connectivity index (χ0n) is 13.7. The van der Waals surface area contributed by atoms with Crippen molar-refractivity contribution in [2.24, 2.45) is 0 Å². The first-order chi connectivity index (χ1) is 9.25. The molecule has 2 aromatic rings. The molecule has 1 heterocycles. The van der Waals surface area contributed by atoms with Crippen molar-refractivity contribution in [3.63, 3.8) is 0 Å². The van der Waals surface area contributed by atoms with Crippen molar-refractivity contribution in [2.75, 3.05) is 0 Å². The van der Waals surface area contributed by atoms with Crippen LogP contribution in [0, 0.1) is 54.5 Å². The third kappa shape index (κ3) is 3.16. The van der Waals surface area contributed by atoms with Gasteiger partial charge in [0.2, 0.25) is 0 Å². The van der Waals surface area contributed by atoms with Gasteiger partial charge in [0, 0.05) is 25.8 Å². The minimum absolute atomic E-state index is 0. The van der Waals surface area contributed by atoms with Crippen LogP contribution in [0.2, 0.25) is 0 Å². The Labute approximate surface area is 150 Å². The van der Waals surface area contributed by atoms with Crippen LogP contribution < -0.4 is 0 Å². The second-order valence-electron chi connectivity index (χ2n) is 5.61. The van der Waals surface area contributed by atoms with E-state index in [4.69, 9.17) is 4.98 Å². The second kappa shape index (κ2) is 6.73. The fraction of sp³-hybridized carbons (Fsp3) is 0.389. The van der Waals surface area contributed by atoms with Crippen molar-refractivity contribution in [3.8, 4) is 11.3 Å². The maximum Gasteiger partial charge on any atom is 0.0298 e. The number of hydrogen-bond donors (Lipinski definition) is 0. The Morgan fingerprint density at radius 3 is 1.90 bits per heavy atom. The molecule has 3 heteroatoms. The molecule has 2 rings (SSSR count). The summed E-state index contributed by atoms with van der Waals surface area (Å²) in [4.78, 5) is 4.82. The van der Waals surface area contributed by atoms with Crippen LogP contribution in [0.3, 0.4) is 0 Å². The average molecular weight is 523 g/mol. The van der Waals surface area contributed by atoms with Gasteiger partial charge in [-0.2, -0.15) is 0 Å². The van der Waals surface area contributed by atoms with Crippen LogP contribution in [0.25, 0.3) is 11.3 Å². The summed E-state index contributed by atoms with van der Waals surface area (Å²) in [6.45, 7) is 14.9. The first-order valence-corrected chi connectivity index (χ1v) is 7.68. The Morgan fingerprint density at radius 1 is 0.762 bits per heavy atom. The van der Waals surface area contributed by atoms with Gasteiger partial charge in [-0.3, -0.25) is 0 Å². The minimum Gasteiger partial charge on any atom is -0.301 e. The molecule has 0 amide bonds. The molecule has 115 valence electrons. The van der Waals surface area contributed by atoms with E-state index in [2.05, 4.69) is 70.5 Å². The molecular formula is C18H21BrIrN-. The van der Waals surface area contributed by atoms with Gasteiger partial charge in [0.15, 0.2) is 0 Å². The molecule has 1 aromatic carbocycles. The summed E-state index contributed by atoms with van der Waals surface area (Å²) in [6.07, 6.45) is 0. The summed E-state index contributed by atoms with van der Waals surface area (Å²) in [7, 11) is 0. The van der Waals surface area contributed by atoms with Crippen molar-refractivity contribution >= 4 is 15.9 Å². The largest absolute Gasteiger partial charge is 0.301 e. The zero-order valence-corrected chi connectivity index (χ0v) is 17.6. The number of rotatable bonds is 1. The molecule has 0 saturated heterocycles. The van der Waals surface area contributed by atoms with Gasteiger partial charge >= 0.3 is 0 Å². The van der Waals surface area contributed by atoms with Gasteiger partial charge in [0.05, 0.1) is 0 Å². The van der Waals surface area contributed by atoms with Crippen LogP contribution in [-0.2, 0) is 20.1 Å². The number of nitrogens with zero attached hydrogens (tertiary/aromatic N) is 1. The van der Waals surface area contributed by atoms with Crippen molar-refractivity contribution in [2.45, 2.75) is 48.5 Å². The summed E-state index contributed by atoms with van der Waals surface area (Å²) in [5, 5.41) is 0. The number of benzene rings is 1. The molecule has 1 aromatic heterocycles. The van der Waals surface area contributed by atoms with Gasteiger partial charge in [0.1, 0.15) is 0 Å². The summed E-state index contributed by atoms with van der Waals surface area (Å²) < 4.78 is 1.17. The van der Waals surface area contributed by atoms with E-state index in [1.54, 1.807) is 0 Å². The van der Waals surface area contributed by atoms with Crippen LogP contribution in [0.4, 0.5) is 0 Å². The maximum atomic E-state index is 4.82. The minimum atomic E-state index is 0. The van der Waals surface area contributed by atoms with Crippen LogP contribution in [0.15, 0.2) is 4.47 Å². The molecule has 0 spiro atoms. The second-order valence-corrected chi connectivity index (χ2v) is 6.40. The number of halogens is 1. The Bertz CT molecular complexity index is 644. The average Bonchev–Trinajstić information content (AvgIpc) is 2.42. The smallest absolute Gasteiger partial charge is 0.0298 e. The normalized spacial score (nSPS) is 10.5. The molecule has 0 bridgehead atoms. The van der Waals surface area contributed by atoms with Crippen LogP contribution in [-0.4, -0.2) is 4.98 Å². The standard InChI is InChI=1S/C18H21BrN.Ir/c1-9-8-16(14(6)17(19)10(9)2)18-13(5)11(3)12(4)15(7)20-18;/h1-7H3;/q-1;. The first kappa shape index (κ1) is 18.5. The fourth-order valence-electron chi connectivity index (χ4n) is 2.48. The number of aryl methyl sites for hydroxylation is 2. The summed E-state index contributed by atoms with van der Waals surface area (Å²) in [5.41, 5.74) is 10.8. The van der Waals surface area contributed by atoms with E-state index < -0.39 is 0 Å². The van der Waals surface area contributed by atoms with E-state index in [-0.39, 0.29) is 20.1 Å². The van der Waals surface area contributed by atoms with Crippen LogP contribution >= 0.6 is 15.9 Å². The van der Waals surface area contributed by atoms with Crippen LogP contribution in [0.5, 0.6) is 0 Å². The summed E-state index contributed by atoms with van der Waals surface area (Å²) in [5.74, 6) is 0. The van der Waals surface area contributed by atoms with E-state index in [9.17, 15) is 0 Å². The molecule has 0 fully saturated rings. The van der Waals surface area contributed by atoms with Gasteiger partial charge < -0.3 is 4.98 Å². The van der Waals surface area contributed by atoms with Gasteiger partial charge in [-0.05, 0) is 39.0 Å². The monoisotopic (exact) mass is 523 g/mol. The molecular weight excluding hydrogens is 502 g/mol. The molecule has 0 N–H and O–H groups in total. The Hall–Kier alpha value is -0.501. The third-order valence-electron chi connectivity index (χ3n) is 4.45. The van der Waals surface area contributed by atoms with E-state index in [0.717, 1.165) is 17.0 Å². The van der Waals surface area contributed by atoms with Crippen LogP contribution in [0.1, 0.15) is 39.1 Å². The van der Waals surface area contributed by atoms with E-state index in [1.165, 1.54) is 37.9 Å². The number of hydrogen-bond acceptors (Lipinski definition) is 1. The van der Waals surface area contributed by atoms with Crippen molar-refractivity contribution in [1.82, 2.24) is 4.98 Å². The number of aromatic nitrogens is 1. The Balaban J connectivity index is 0.00000220. The molecule has 0 aliphatic rings. The molecule has 1 nitrogen and oxygen atoms in total. The van der Waals surface area contributed by atoms with Gasteiger partial charge in [-0.25, -0.2) is 0 Å². The SMILES string of the molecule is Cc1[c-]c(-c2nc(C)c(C)c(C)c2C)c(C)c(Br)c1C.[Ir]. The van der Waals surface area contributed by atoms with E-state index in [1.807, 2.05) is 0 Å². The molecule has 0 unspecified atom stereocenters. The van der Waals surface area contributed by atoms with Gasteiger partial charge in [-0.15, -0.1) is 28.3 Å². The Kier molecular flexibility index (Phi) is 5.94. The predicted molar refractivity (Wildman–Crippen MR) is 89.4 cm³/mol. The zero-order chi connectivity index (χ0) is 15.2. The van der Waals surface area contributed by atoms with Crippen molar-refractivity contribution < 1.29 is 20.1 Å². The molecule has 0 saturated carbocycles. The van der Waals surface area contributed by atoms with Crippen molar-refractivity contribution in [3.05, 3.63) is 49.6 Å². The summed E-state index contributed by atoms with van der Waals surface area (Å²) >= 11 is 3.71. The third-order valence-corrected chi connectivity index (χ3v) is 5.64. The number of pyridine rings is 1. The topological polar surface area (TPSA) is 12.9 Å². The Morgan fingerprint density at radius 2 is 1.33 bits per heavy atom. The van der Waals surface area contributed by atoms with E-state index >= 15 is 0 Å². The molecule has 0 aliphatic carbocycles. The molecule has 21 heavy (non-hydrogen) atoms.